The molecule has 0 aliphatic heterocycles. The number of H-pyrrole nitrogens is 1. The van der Waals surface area contributed by atoms with Gasteiger partial charge in [0.2, 0.25) is 0 Å². The fourth-order valence-corrected chi connectivity index (χ4v) is 3.45. The molecule has 8 heteroatoms. The molecule has 0 saturated carbocycles. The molecule has 30 heavy (non-hydrogen) atoms. The van der Waals surface area contributed by atoms with Gasteiger partial charge in [0, 0.05) is 23.3 Å². The van der Waals surface area contributed by atoms with E-state index in [9.17, 15) is 20.1 Å². The van der Waals surface area contributed by atoms with Gasteiger partial charge < -0.3 is 9.55 Å². The summed E-state index contributed by atoms with van der Waals surface area (Å²) in [5.74, 6) is 5.61. The first-order valence-corrected chi connectivity index (χ1v) is 9.01. The molecule has 4 aromatic rings. The van der Waals surface area contributed by atoms with Crippen LogP contribution in [-0.2, 0) is 13.1 Å². The Balaban J connectivity index is 2.00. The number of para-hydroxylation sites is 1. The Kier molecular flexibility index (Phi) is 4.64. The zero-order valence-electron chi connectivity index (χ0n) is 15.9. The van der Waals surface area contributed by atoms with Crippen LogP contribution in [0.4, 0.5) is 0 Å². The van der Waals surface area contributed by atoms with Crippen LogP contribution in [0.1, 0.15) is 23.6 Å². The number of pyridine rings is 1. The summed E-state index contributed by atoms with van der Waals surface area (Å²) in [7, 11) is 0. The first-order valence-electron chi connectivity index (χ1n) is 9.01. The van der Waals surface area contributed by atoms with Gasteiger partial charge in [-0.3, -0.25) is 14.3 Å². The number of rotatable bonds is 3. The minimum absolute atomic E-state index is 0.109. The lowest BCUT2D eigenvalue weighted by Gasteiger charge is -2.10. The van der Waals surface area contributed by atoms with Crippen molar-refractivity contribution in [1.82, 2.24) is 19.1 Å². The van der Waals surface area contributed by atoms with Crippen LogP contribution in [-0.4, -0.2) is 19.1 Å². The first kappa shape index (κ1) is 18.7. The third-order valence-corrected chi connectivity index (χ3v) is 4.87. The molecule has 4 rings (SSSR count). The van der Waals surface area contributed by atoms with Gasteiger partial charge in [0.25, 0.3) is 5.56 Å². The van der Waals surface area contributed by atoms with Gasteiger partial charge in [-0.2, -0.15) is 10.5 Å². The predicted molar refractivity (Wildman–Crippen MR) is 111 cm³/mol. The standard InChI is InChI=1S/C22H14N6O2/c1-2-3-8-27-12-15(10-24)19-20(27)21(29)28(22(30)26-19)13-17-14(9-23)11-25-18-7-5-4-6-16(17)18/h4-7,11-12H,8,13H2,1H3,(H,26,30). The van der Waals surface area contributed by atoms with E-state index in [-0.39, 0.29) is 35.2 Å². The molecule has 1 aromatic carbocycles. The van der Waals surface area contributed by atoms with Crippen LogP contribution < -0.4 is 11.2 Å². The molecule has 0 aliphatic rings. The Bertz CT molecular complexity index is 1580. The predicted octanol–water partition coefficient (Wildman–Crippen LogP) is 1.85. The molecule has 0 spiro atoms. The van der Waals surface area contributed by atoms with Gasteiger partial charge >= 0.3 is 5.69 Å². The molecule has 1 N–H and O–H groups in total. The summed E-state index contributed by atoms with van der Waals surface area (Å²) in [4.78, 5) is 32.9. The van der Waals surface area contributed by atoms with Gasteiger partial charge in [-0.05, 0) is 13.0 Å². The summed E-state index contributed by atoms with van der Waals surface area (Å²) in [5, 5.41) is 19.6. The molecule has 0 amide bonds. The van der Waals surface area contributed by atoms with E-state index in [1.807, 2.05) is 12.1 Å². The Hall–Kier alpha value is -4.61. The summed E-state index contributed by atoms with van der Waals surface area (Å²) in [6.45, 7) is 1.77. The normalized spacial score (nSPS) is 10.4. The number of nitriles is 2. The minimum atomic E-state index is -0.659. The quantitative estimate of drug-likeness (QED) is 0.532. The number of nitrogens with zero attached hydrogens (tertiary/aromatic N) is 5. The lowest BCUT2D eigenvalue weighted by atomic mass is 10.0. The SMILES string of the molecule is CC#CCn1cc(C#N)c2[nH]c(=O)n(Cc3c(C#N)cnc4ccccc34)c(=O)c21. The Morgan fingerprint density at radius 2 is 1.90 bits per heavy atom. The lowest BCUT2D eigenvalue weighted by Crippen LogP contribution is -2.36. The number of hydrogen-bond donors (Lipinski definition) is 1. The van der Waals surface area contributed by atoms with Gasteiger partial charge in [0.05, 0.1) is 35.2 Å². The second-order valence-electron chi connectivity index (χ2n) is 6.53. The van der Waals surface area contributed by atoms with Crippen LogP contribution >= 0.6 is 0 Å². The van der Waals surface area contributed by atoms with Crippen LogP contribution in [0.25, 0.3) is 21.9 Å². The summed E-state index contributed by atoms with van der Waals surface area (Å²) < 4.78 is 2.58. The third kappa shape index (κ3) is 2.92. The van der Waals surface area contributed by atoms with Crippen molar-refractivity contribution in [2.75, 3.05) is 0 Å². The number of benzene rings is 1. The monoisotopic (exact) mass is 394 g/mol. The molecular formula is C22H14N6O2. The molecule has 0 bridgehead atoms. The molecule has 3 aromatic heterocycles. The number of nitrogens with one attached hydrogen (secondary N) is 1. The summed E-state index contributed by atoms with van der Waals surface area (Å²) in [6, 6.07) is 11.3. The van der Waals surface area contributed by atoms with Crippen LogP contribution in [0.15, 0.2) is 46.2 Å². The molecule has 0 atom stereocenters. The second-order valence-corrected chi connectivity index (χ2v) is 6.53. The highest BCUT2D eigenvalue weighted by molar-refractivity contribution is 5.84. The topological polar surface area (TPSA) is 120 Å². The van der Waals surface area contributed by atoms with Crippen LogP contribution in [0.5, 0.6) is 0 Å². The molecule has 0 aliphatic carbocycles. The van der Waals surface area contributed by atoms with Crippen LogP contribution in [0.3, 0.4) is 0 Å². The number of aromatic amines is 1. The molecule has 3 heterocycles. The van der Waals surface area contributed by atoms with Gasteiger partial charge in [-0.1, -0.05) is 24.1 Å². The minimum Gasteiger partial charge on any atom is -0.329 e. The Morgan fingerprint density at radius 3 is 2.63 bits per heavy atom. The van der Waals surface area contributed by atoms with Gasteiger partial charge in [0.15, 0.2) is 0 Å². The smallest absolute Gasteiger partial charge is 0.329 e. The summed E-state index contributed by atoms with van der Waals surface area (Å²) in [5.41, 5.74) is 0.812. The molecule has 0 radical (unpaired) electrons. The maximum Gasteiger partial charge on any atom is 0.329 e. The molecule has 8 nitrogen and oxygen atoms in total. The zero-order chi connectivity index (χ0) is 21.3. The number of hydrogen-bond acceptors (Lipinski definition) is 5. The van der Waals surface area contributed by atoms with E-state index in [1.165, 1.54) is 12.4 Å². The number of fused-ring (bicyclic) bond motifs is 2. The van der Waals surface area contributed by atoms with E-state index in [4.69, 9.17) is 0 Å². The van der Waals surface area contributed by atoms with E-state index >= 15 is 0 Å². The highest BCUT2D eigenvalue weighted by Crippen LogP contribution is 2.21. The van der Waals surface area contributed by atoms with Gasteiger partial charge in [0.1, 0.15) is 17.7 Å². The van der Waals surface area contributed by atoms with E-state index < -0.39 is 11.2 Å². The van der Waals surface area contributed by atoms with Crippen molar-refractivity contribution in [3.63, 3.8) is 0 Å². The van der Waals surface area contributed by atoms with Crippen molar-refractivity contribution in [1.29, 1.82) is 10.5 Å². The Morgan fingerprint density at radius 1 is 1.13 bits per heavy atom. The van der Waals surface area contributed by atoms with Crippen molar-refractivity contribution in [2.24, 2.45) is 0 Å². The van der Waals surface area contributed by atoms with Crippen molar-refractivity contribution in [2.45, 2.75) is 20.0 Å². The maximum atomic E-state index is 13.3. The van der Waals surface area contributed by atoms with E-state index in [1.54, 1.807) is 29.7 Å². The highest BCUT2D eigenvalue weighted by Gasteiger charge is 2.18. The van der Waals surface area contributed by atoms with Gasteiger partial charge in [-0.25, -0.2) is 4.79 Å². The maximum absolute atomic E-state index is 13.3. The van der Waals surface area contributed by atoms with Crippen molar-refractivity contribution in [3.05, 3.63) is 74.2 Å². The third-order valence-electron chi connectivity index (χ3n) is 4.87. The first-order chi connectivity index (χ1) is 14.6. The van der Waals surface area contributed by atoms with Crippen LogP contribution in [0.2, 0.25) is 0 Å². The van der Waals surface area contributed by atoms with E-state index in [0.717, 1.165) is 4.57 Å². The van der Waals surface area contributed by atoms with Crippen molar-refractivity contribution >= 4 is 21.9 Å². The summed E-state index contributed by atoms with van der Waals surface area (Å²) >= 11 is 0. The largest absolute Gasteiger partial charge is 0.329 e. The summed E-state index contributed by atoms with van der Waals surface area (Å²) in [6.07, 6.45) is 2.93. The fraction of sp³-hybridized carbons (Fsp3) is 0.136. The fourth-order valence-electron chi connectivity index (χ4n) is 3.45. The average molecular weight is 394 g/mol. The second kappa shape index (κ2) is 7.43. The lowest BCUT2D eigenvalue weighted by molar-refractivity contribution is 0.706. The Labute approximate surface area is 170 Å². The van der Waals surface area contributed by atoms with Gasteiger partial charge in [-0.15, -0.1) is 5.92 Å². The van der Waals surface area contributed by atoms with Crippen LogP contribution in [0, 0.1) is 34.5 Å². The molecule has 0 fully saturated rings. The molecule has 0 unspecified atom stereocenters. The van der Waals surface area contributed by atoms with Crippen molar-refractivity contribution in [3.8, 4) is 24.0 Å². The van der Waals surface area contributed by atoms with E-state index in [2.05, 4.69) is 27.9 Å². The number of aromatic nitrogens is 4. The zero-order valence-corrected chi connectivity index (χ0v) is 15.9. The highest BCUT2D eigenvalue weighted by atomic mass is 16.2. The van der Waals surface area contributed by atoms with Crippen molar-refractivity contribution < 1.29 is 0 Å². The molecule has 144 valence electrons. The molecular weight excluding hydrogens is 380 g/mol. The molecule has 0 saturated heterocycles. The van der Waals surface area contributed by atoms with E-state index in [0.29, 0.717) is 16.5 Å². The average Bonchev–Trinajstić information content (AvgIpc) is 3.12.